The molecule has 2 amide bonds. The van der Waals surface area contributed by atoms with E-state index in [1.165, 1.54) is 19.3 Å². The molecule has 0 radical (unpaired) electrons. The number of carbonyl (C=O) groups excluding carboxylic acids is 3. The van der Waals surface area contributed by atoms with Gasteiger partial charge in [-0.15, -0.1) is 0 Å². The first-order chi connectivity index (χ1) is 15.5. The van der Waals surface area contributed by atoms with Gasteiger partial charge in [0.15, 0.2) is 5.78 Å². The maximum atomic E-state index is 13.0. The smallest absolute Gasteiger partial charge is 0.251 e. The van der Waals surface area contributed by atoms with Crippen molar-refractivity contribution in [2.45, 2.75) is 82.7 Å². The second-order valence-electron chi connectivity index (χ2n) is 9.92. The minimum atomic E-state index is -0.395. The lowest BCUT2D eigenvalue weighted by Crippen LogP contribution is -2.45. The Balaban J connectivity index is 1.38. The normalized spacial score (nSPS) is 22.9. The molecular formula is C26H37N3O3. The van der Waals surface area contributed by atoms with E-state index in [1.807, 2.05) is 23.1 Å². The maximum absolute atomic E-state index is 13.0. The lowest BCUT2D eigenvalue weighted by Gasteiger charge is -2.33. The number of hydrogen-bond acceptors (Lipinski definition) is 4. The molecule has 1 saturated heterocycles. The Morgan fingerprint density at radius 1 is 1.03 bits per heavy atom. The third-order valence-corrected chi connectivity index (χ3v) is 7.36. The van der Waals surface area contributed by atoms with Gasteiger partial charge in [0, 0.05) is 30.6 Å². The summed E-state index contributed by atoms with van der Waals surface area (Å²) < 4.78 is 0. The summed E-state index contributed by atoms with van der Waals surface area (Å²) in [5.74, 6) is 0.531. The van der Waals surface area contributed by atoms with E-state index in [1.54, 1.807) is 6.92 Å². The van der Waals surface area contributed by atoms with Gasteiger partial charge in [0.2, 0.25) is 5.91 Å². The number of Topliss-reactive ketones (excluding diaryl/α,β-unsaturated/α-hetero) is 1. The van der Waals surface area contributed by atoms with Crippen LogP contribution in [0.2, 0.25) is 0 Å². The van der Waals surface area contributed by atoms with Gasteiger partial charge in [-0.3, -0.25) is 14.4 Å². The van der Waals surface area contributed by atoms with E-state index in [0.29, 0.717) is 24.7 Å². The molecule has 2 aliphatic carbocycles. The Morgan fingerprint density at radius 3 is 2.53 bits per heavy atom. The van der Waals surface area contributed by atoms with Crippen molar-refractivity contribution in [3.63, 3.8) is 0 Å². The highest BCUT2D eigenvalue weighted by molar-refractivity contribution is 5.97. The number of nitrogens with one attached hydrogen (secondary N) is 2. The van der Waals surface area contributed by atoms with Crippen molar-refractivity contribution in [2.75, 3.05) is 19.6 Å². The number of amides is 2. The summed E-state index contributed by atoms with van der Waals surface area (Å²) in [4.78, 5) is 39.8. The van der Waals surface area contributed by atoms with E-state index in [0.717, 1.165) is 50.6 Å². The Kier molecular flexibility index (Phi) is 7.61. The quantitative estimate of drug-likeness (QED) is 0.651. The van der Waals surface area contributed by atoms with E-state index in [-0.39, 0.29) is 29.4 Å². The first-order valence-electron chi connectivity index (χ1n) is 12.4. The zero-order chi connectivity index (χ0) is 22.5. The summed E-state index contributed by atoms with van der Waals surface area (Å²) in [6.45, 7) is 3.52. The average Bonchev–Trinajstić information content (AvgIpc) is 3.66. The first-order valence-corrected chi connectivity index (χ1v) is 12.4. The molecule has 2 saturated carbocycles. The van der Waals surface area contributed by atoms with E-state index >= 15 is 0 Å². The lowest BCUT2D eigenvalue weighted by molar-refractivity contribution is -0.131. The lowest BCUT2D eigenvalue weighted by atomic mass is 9.82. The fraction of sp³-hybridized carbons (Fsp3) is 0.654. The van der Waals surface area contributed by atoms with Crippen molar-refractivity contribution in [1.29, 1.82) is 0 Å². The zero-order valence-electron chi connectivity index (χ0n) is 19.3. The topological polar surface area (TPSA) is 78.5 Å². The highest BCUT2D eigenvalue weighted by Crippen LogP contribution is 2.29. The highest BCUT2D eigenvalue weighted by atomic mass is 16.2. The first kappa shape index (κ1) is 23.0. The van der Waals surface area contributed by atoms with Crippen LogP contribution in [0.4, 0.5) is 0 Å². The second-order valence-corrected chi connectivity index (χ2v) is 9.92. The molecule has 2 atom stereocenters. The number of hydrogen-bond donors (Lipinski definition) is 2. The van der Waals surface area contributed by atoms with Gasteiger partial charge in [0.05, 0.1) is 12.6 Å². The monoisotopic (exact) mass is 439 g/mol. The van der Waals surface area contributed by atoms with Crippen LogP contribution in [-0.4, -0.2) is 54.2 Å². The Labute approximate surface area is 191 Å². The minimum absolute atomic E-state index is 0.0441. The molecule has 0 bridgehead atoms. The Hall–Kier alpha value is -2.21. The van der Waals surface area contributed by atoms with Gasteiger partial charge in [-0.1, -0.05) is 31.4 Å². The molecule has 3 aliphatic rings. The van der Waals surface area contributed by atoms with Gasteiger partial charge in [-0.05, 0) is 69.1 Å². The fourth-order valence-electron chi connectivity index (χ4n) is 5.28. The van der Waals surface area contributed by atoms with Crippen LogP contribution in [0.25, 0.3) is 0 Å². The van der Waals surface area contributed by atoms with Crippen LogP contribution < -0.4 is 10.6 Å². The standard InChI is InChI=1S/C26H37N3O3/c1-18(30)25(19-7-3-2-4-8-19)28-26(32)21-10-5-9-20(15-21)22-11-6-14-29(17-22)24(31)16-27-23-12-13-23/h5,9-10,15,19,22-23,25,27H,2-4,6-8,11-14,16-17H2,1H3,(H,28,32)/t22-,25-/m0/s1. The van der Waals surface area contributed by atoms with Crippen LogP contribution in [0.15, 0.2) is 24.3 Å². The number of nitrogens with zero attached hydrogens (tertiary/aromatic N) is 1. The third-order valence-electron chi connectivity index (χ3n) is 7.36. The number of ketones is 1. The van der Waals surface area contributed by atoms with E-state index in [4.69, 9.17) is 0 Å². The molecular weight excluding hydrogens is 402 g/mol. The molecule has 32 heavy (non-hydrogen) atoms. The van der Waals surface area contributed by atoms with Gasteiger partial charge >= 0.3 is 0 Å². The predicted molar refractivity (Wildman–Crippen MR) is 125 cm³/mol. The molecule has 1 heterocycles. The van der Waals surface area contributed by atoms with E-state index in [9.17, 15) is 14.4 Å². The van der Waals surface area contributed by atoms with Crippen LogP contribution in [0.1, 0.15) is 86.6 Å². The number of rotatable bonds is 8. The van der Waals surface area contributed by atoms with E-state index in [2.05, 4.69) is 16.7 Å². The molecule has 1 aliphatic heterocycles. The molecule has 6 heteroatoms. The number of carbonyl (C=O) groups is 3. The Bertz CT molecular complexity index is 829. The summed E-state index contributed by atoms with van der Waals surface area (Å²) >= 11 is 0. The van der Waals surface area contributed by atoms with Crippen LogP contribution in [-0.2, 0) is 9.59 Å². The summed E-state index contributed by atoms with van der Waals surface area (Å²) in [6, 6.07) is 7.89. The third kappa shape index (κ3) is 5.97. The summed E-state index contributed by atoms with van der Waals surface area (Å²) in [5.41, 5.74) is 1.70. The molecule has 174 valence electrons. The van der Waals surface area contributed by atoms with Crippen molar-refractivity contribution in [1.82, 2.24) is 15.5 Å². The van der Waals surface area contributed by atoms with Gasteiger partial charge < -0.3 is 15.5 Å². The molecule has 1 aromatic carbocycles. The van der Waals surface area contributed by atoms with Gasteiger partial charge in [0.25, 0.3) is 5.91 Å². The molecule has 0 unspecified atom stereocenters. The summed E-state index contributed by atoms with van der Waals surface area (Å²) in [6.07, 6.45) is 9.84. The van der Waals surface area contributed by atoms with Crippen molar-refractivity contribution in [3.8, 4) is 0 Å². The van der Waals surface area contributed by atoms with Gasteiger partial charge in [0.1, 0.15) is 0 Å². The van der Waals surface area contributed by atoms with Gasteiger partial charge in [-0.2, -0.15) is 0 Å². The maximum Gasteiger partial charge on any atom is 0.251 e. The van der Waals surface area contributed by atoms with E-state index < -0.39 is 6.04 Å². The fourth-order valence-corrected chi connectivity index (χ4v) is 5.28. The molecule has 0 aromatic heterocycles. The van der Waals surface area contributed by atoms with Crippen LogP contribution in [0, 0.1) is 5.92 Å². The Morgan fingerprint density at radius 2 is 1.81 bits per heavy atom. The molecule has 3 fully saturated rings. The van der Waals surface area contributed by atoms with Gasteiger partial charge in [-0.25, -0.2) is 0 Å². The number of benzene rings is 1. The molecule has 0 spiro atoms. The molecule has 1 aromatic rings. The molecule has 6 nitrogen and oxygen atoms in total. The summed E-state index contributed by atoms with van der Waals surface area (Å²) in [5, 5.41) is 6.35. The van der Waals surface area contributed by atoms with Crippen LogP contribution in [0.3, 0.4) is 0 Å². The van der Waals surface area contributed by atoms with Crippen molar-refractivity contribution in [2.24, 2.45) is 5.92 Å². The SMILES string of the molecule is CC(=O)[C@H](NC(=O)c1cccc([C@H]2CCCN(C(=O)CNC3CC3)C2)c1)C1CCCCC1. The predicted octanol–water partition coefficient (Wildman–Crippen LogP) is 3.41. The average molecular weight is 440 g/mol. The molecule has 2 N–H and O–H groups in total. The number of piperidine rings is 1. The van der Waals surface area contributed by atoms with Crippen LogP contribution >= 0.6 is 0 Å². The highest BCUT2D eigenvalue weighted by Gasteiger charge is 2.30. The second kappa shape index (κ2) is 10.6. The number of likely N-dealkylation sites (tertiary alicyclic amines) is 1. The zero-order valence-corrected chi connectivity index (χ0v) is 19.3. The van der Waals surface area contributed by atoms with Crippen LogP contribution in [0.5, 0.6) is 0 Å². The summed E-state index contributed by atoms with van der Waals surface area (Å²) in [7, 11) is 0. The van der Waals surface area contributed by atoms with Crippen molar-refractivity contribution >= 4 is 17.6 Å². The largest absolute Gasteiger partial charge is 0.342 e. The minimum Gasteiger partial charge on any atom is -0.342 e. The van der Waals surface area contributed by atoms with Crippen molar-refractivity contribution in [3.05, 3.63) is 35.4 Å². The van der Waals surface area contributed by atoms with Crippen molar-refractivity contribution < 1.29 is 14.4 Å². The molecule has 4 rings (SSSR count).